The second-order valence-electron chi connectivity index (χ2n) is 4.82. The zero-order valence-electron chi connectivity index (χ0n) is 11.4. The Morgan fingerprint density at radius 3 is 2.64 bits per heavy atom. The first-order chi connectivity index (χ1) is 10.6. The number of carbonyl (C=O) groups is 1. The van der Waals surface area contributed by atoms with E-state index in [4.69, 9.17) is 0 Å². The fourth-order valence-corrected chi connectivity index (χ4v) is 2.83. The molecule has 0 fully saturated rings. The molecule has 0 aliphatic rings. The first kappa shape index (κ1) is 14.7. The van der Waals surface area contributed by atoms with Crippen molar-refractivity contribution in [3.8, 4) is 0 Å². The Morgan fingerprint density at radius 2 is 1.95 bits per heavy atom. The molecular formula is C16H11IN2O3. The topological polar surface area (TPSA) is 72.2 Å². The third kappa shape index (κ3) is 2.74. The van der Waals surface area contributed by atoms with Crippen LogP contribution in [0.1, 0.15) is 15.9 Å². The maximum atomic E-state index is 12.3. The fourth-order valence-electron chi connectivity index (χ4n) is 2.34. The smallest absolute Gasteiger partial charge is 0.341 e. The molecule has 22 heavy (non-hydrogen) atoms. The largest absolute Gasteiger partial charge is 0.477 e. The first-order valence-corrected chi connectivity index (χ1v) is 7.59. The van der Waals surface area contributed by atoms with Crippen LogP contribution in [0.25, 0.3) is 10.9 Å². The van der Waals surface area contributed by atoms with Gasteiger partial charge in [-0.3, -0.25) is 9.78 Å². The van der Waals surface area contributed by atoms with Gasteiger partial charge in [0.05, 0.1) is 5.52 Å². The van der Waals surface area contributed by atoms with E-state index in [2.05, 4.69) is 27.6 Å². The lowest BCUT2D eigenvalue weighted by Gasteiger charge is -2.12. The lowest BCUT2D eigenvalue weighted by Crippen LogP contribution is -2.19. The summed E-state index contributed by atoms with van der Waals surface area (Å²) in [6, 6.07) is 9.17. The van der Waals surface area contributed by atoms with Gasteiger partial charge in [-0.25, -0.2) is 4.79 Å². The van der Waals surface area contributed by atoms with Gasteiger partial charge in [-0.1, -0.05) is 0 Å². The molecule has 0 radical (unpaired) electrons. The molecule has 0 aliphatic heterocycles. The summed E-state index contributed by atoms with van der Waals surface area (Å²) in [5.41, 5.74) is 1.03. The summed E-state index contributed by atoms with van der Waals surface area (Å²) >= 11 is 2.11. The van der Waals surface area contributed by atoms with E-state index >= 15 is 0 Å². The summed E-state index contributed by atoms with van der Waals surface area (Å²) in [7, 11) is 0. The fraction of sp³-hybridized carbons (Fsp3) is 0.0625. The SMILES string of the molecule is O=C(O)c1cn(Cc2ccncc2)c2ccc(I)cc2c1=O. The molecule has 2 heterocycles. The van der Waals surface area contributed by atoms with Crippen LogP contribution in [-0.4, -0.2) is 20.6 Å². The molecule has 0 spiro atoms. The number of aromatic nitrogens is 2. The second-order valence-corrected chi connectivity index (χ2v) is 6.07. The first-order valence-electron chi connectivity index (χ1n) is 6.51. The van der Waals surface area contributed by atoms with Gasteiger partial charge in [0.2, 0.25) is 5.43 Å². The summed E-state index contributed by atoms with van der Waals surface area (Å²) in [5, 5.41) is 9.68. The maximum absolute atomic E-state index is 12.3. The van der Waals surface area contributed by atoms with E-state index in [-0.39, 0.29) is 5.56 Å². The Balaban J connectivity index is 2.26. The van der Waals surface area contributed by atoms with Crippen molar-refractivity contribution < 1.29 is 9.90 Å². The minimum atomic E-state index is -1.21. The van der Waals surface area contributed by atoms with Gasteiger partial charge in [0, 0.05) is 34.1 Å². The molecule has 3 aromatic rings. The number of hydrogen-bond donors (Lipinski definition) is 1. The van der Waals surface area contributed by atoms with Gasteiger partial charge in [0.1, 0.15) is 5.56 Å². The predicted octanol–water partition coefficient (Wildman–Crippen LogP) is 2.75. The van der Waals surface area contributed by atoms with Crippen molar-refractivity contribution >= 4 is 39.5 Å². The Bertz CT molecular complexity index is 920. The molecule has 2 aromatic heterocycles. The molecule has 5 nitrogen and oxygen atoms in total. The molecule has 0 saturated carbocycles. The second kappa shape index (κ2) is 5.88. The summed E-state index contributed by atoms with van der Waals surface area (Å²) in [4.78, 5) is 27.6. The number of rotatable bonds is 3. The van der Waals surface area contributed by atoms with Crippen molar-refractivity contribution in [1.82, 2.24) is 9.55 Å². The van der Waals surface area contributed by atoms with E-state index < -0.39 is 11.4 Å². The number of fused-ring (bicyclic) bond motifs is 1. The molecule has 110 valence electrons. The Labute approximate surface area is 139 Å². The summed E-state index contributed by atoms with van der Waals surface area (Å²) in [5.74, 6) is -1.21. The minimum Gasteiger partial charge on any atom is -0.477 e. The molecule has 1 N–H and O–H groups in total. The minimum absolute atomic E-state index is 0.219. The van der Waals surface area contributed by atoms with Crippen molar-refractivity contribution in [2.45, 2.75) is 6.54 Å². The van der Waals surface area contributed by atoms with Crippen LogP contribution in [0.2, 0.25) is 0 Å². The van der Waals surface area contributed by atoms with Crippen LogP contribution in [0.5, 0.6) is 0 Å². The molecule has 6 heteroatoms. The van der Waals surface area contributed by atoms with E-state index in [9.17, 15) is 14.7 Å². The number of halogens is 1. The summed E-state index contributed by atoms with van der Waals surface area (Å²) < 4.78 is 2.67. The third-order valence-electron chi connectivity index (χ3n) is 3.37. The van der Waals surface area contributed by atoms with Crippen molar-refractivity contribution in [3.63, 3.8) is 0 Å². The van der Waals surface area contributed by atoms with Crippen LogP contribution in [0, 0.1) is 3.57 Å². The van der Waals surface area contributed by atoms with Crippen LogP contribution in [0.3, 0.4) is 0 Å². The summed E-state index contributed by atoms with van der Waals surface area (Å²) in [6.07, 6.45) is 4.77. The zero-order valence-corrected chi connectivity index (χ0v) is 13.5. The van der Waals surface area contributed by atoms with Gasteiger partial charge >= 0.3 is 5.97 Å². The number of aromatic carboxylic acids is 1. The van der Waals surface area contributed by atoms with Crippen LogP contribution in [0.4, 0.5) is 0 Å². The number of benzene rings is 1. The average molecular weight is 406 g/mol. The van der Waals surface area contributed by atoms with Gasteiger partial charge in [-0.05, 0) is 58.5 Å². The third-order valence-corrected chi connectivity index (χ3v) is 4.05. The van der Waals surface area contributed by atoms with Crippen molar-refractivity contribution in [1.29, 1.82) is 0 Å². The van der Waals surface area contributed by atoms with Gasteiger partial charge in [0.25, 0.3) is 0 Å². The van der Waals surface area contributed by atoms with Gasteiger partial charge < -0.3 is 9.67 Å². The highest BCUT2D eigenvalue weighted by molar-refractivity contribution is 14.1. The van der Waals surface area contributed by atoms with E-state index in [0.29, 0.717) is 17.4 Å². The highest BCUT2D eigenvalue weighted by Gasteiger charge is 2.14. The Kier molecular flexibility index (Phi) is 3.93. The molecule has 1 aromatic carbocycles. The highest BCUT2D eigenvalue weighted by Crippen LogP contribution is 2.17. The number of hydrogen-bond acceptors (Lipinski definition) is 3. The van der Waals surface area contributed by atoms with E-state index in [1.54, 1.807) is 23.0 Å². The molecule has 0 unspecified atom stereocenters. The standard InChI is InChI=1S/C16H11IN2O3/c17-11-1-2-14-12(7-11)15(20)13(16(21)22)9-19(14)8-10-3-5-18-6-4-10/h1-7,9H,8H2,(H,21,22). The number of pyridine rings is 2. The van der Waals surface area contributed by atoms with Crippen molar-refractivity contribution in [3.05, 3.63) is 73.8 Å². The molecule has 0 saturated heterocycles. The Hall–Kier alpha value is -2.22. The van der Waals surface area contributed by atoms with Crippen LogP contribution in [0.15, 0.2) is 53.7 Å². The monoisotopic (exact) mass is 406 g/mol. The lowest BCUT2D eigenvalue weighted by molar-refractivity contribution is 0.0695. The molecular weight excluding hydrogens is 395 g/mol. The number of carboxylic acids is 1. The average Bonchev–Trinajstić information content (AvgIpc) is 2.51. The number of carboxylic acid groups (broad SMARTS) is 1. The predicted molar refractivity (Wildman–Crippen MR) is 91.2 cm³/mol. The lowest BCUT2D eigenvalue weighted by atomic mass is 10.1. The normalized spacial score (nSPS) is 10.8. The van der Waals surface area contributed by atoms with Crippen LogP contribution in [-0.2, 0) is 6.54 Å². The summed E-state index contributed by atoms with van der Waals surface area (Å²) in [6.45, 7) is 0.472. The van der Waals surface area contributed by atoms with Crippen molar-refractivity contribution in [2.75, 3.05) is 0 Å². The van der Waals surface area contributed by atoms with Gasteiger partial charge in [0.15, 0.2) is 0 Å². The van der Waals surface area contributed by atoms with E-state index in [0.717, 1.165) is 9.13 Å². The van der Waals surface area contributed by atoms with Crippen molar-refractivity contribution in [2.24, 2.45) is 0 Å². The molecule has 0 aliphatic carbocycles. The highest BCUT2D eigenvalue weighted by atomic mass is 127. The zero-order chi connectivity index (χ0) is 15.7. The molecule has 0 bridgehead atoms. The number of nitrogens with zero attached hydrogens (tertiary/aromatic N) is 2. The van der Waals surface area contributed by atoms with Gasteiger partial charge in [-0.2, -0.15) is 0 Å². The molecule has 0 amide bonds. The van der Waals surface area contributed by atoms with E-state index in [1.165, 1.54) is 6.20 Å². The van der Waals surface area contributed by atoms with Crippen LogP contribution >= 0.6 is 22.6 Å². The van der Waals surface area contributed by atoms with Crippen LogP contribution < -0.4 is 5.43 Å². The quantitative estimate of drug-likeness (QED) is 0.680. The molecule has 0 atom stereocenters. The maximum Gasteiger partial charge on any atom is 0.341 e. The van der Waals surface area contributed by atoms with E-state index in [1.807, 2.05) is 24.3 Å². The molecule has 3 rings (SSSR count). The van der Waals surface area contributed by atoms with Gasteiger partial charge in [-0.15, -0.1) is 0 Å². The Morgan fingerprint density at radius 1 is 1.23 bits per heavy atom.